The number of hydrogen-bond donors (Lipinski definition) is 3. The van der Waals surface area contributed by atoms with Crippen LogP contribution in [-0.2, 0) is 4.79 Å². The lowest BCUT2D eigenvalue weighted by molar-refractivity contribution is -0.117. The van der Waals surface area contributed by atoms with E-state index in [-0.39, 0.29) is 17.5 Å². The van der Waals surface area contributed by atoms with Gasteiger partial charge in [0.25, 0.3) is 5.56 Å². The Morgan fingerprint density at radius 2 is 2.40 bits per heavy atom. The van der Waals surface area contributed by atoms with E-state index in [2.05, 4.69) is 20.8 Å². The second-order valence-electron chi connectivity index (χ2n) is 3.44. The summed E-state index contributed by atoms with van der Waals surface area (Å²) in [7, 11) is 0. The normalized spacial score (nSPS) is 20.1. The molecule has 6 nitrogen and oxygen atoms in total. The zero-order chi connectivity index (χ0) is 10.7. The topological polar surface area (TPSA) is 86.9 Å². The summed E-state index contributed by atoms with van der Waals surface area (Å²) < 4.78 is 0. The molecular formula is C9H12N4O2. The highest BCUT2D eigenvalue weighted by molar-refractivity contribution is 5.94. The van der Waals surface area contributed by atoms with Crippen LogP contribution < -0.4 is 16.2 Å². The summed E-state index contributed by atoms with van der Waals surface area (Å²) in [4.78, 5) is 22.3. The van der Waals surface area contributed by atoms with Crippen molar-refractivity contribution in [3.05, 3.63) is 22.5 Å². The van der Waals surface area contributed by atoms with Gasteiger partial charge >= 0.3 is 0 Å². The minimum Gasteiger partial charge on any atom is -0.308 e. The Morgan fingerprint density at radius 1 is 1.53 bits per heavy atom. The first-order valence-corrected chi connectivity index (χ1v) is 4.86. The van der Waals surface area contributed by atoms with Gasteiger partial charge in [0.2, 0.25) is 5.91 Å². The fourth-order valence-electron chi connectivity index (χ4n) is 1.54. The second kappa shape index (κ2) is 4.22. The largest absolute Gasteiger partial charge is 0.308 e. The molecule has 3 N–H and O–H groups in total. The van der Waals surface area contributed by atoms with Crippen LogP contribution in [-0.4, -0.2) is 28.7 Å². The number of aromatic nitrogens is 2. The van der Waals surface area contributed by atoms with Gasteiger partial charge in [0, 0.05) is 6.07 Å². The lowest BCUT2D eigenvalue weighted by Crippen LogP contribution is -2.35. The summed E-state index contributed by atoms with van der Waals surface area (Å²) >= 11 is 0. The van der Waals surface area contributed by atoms with Crippen molar-refractivity contribution in [3.8, 4) is 0 Å². The fourth-order valence-corrected chi connectivity index (χ4v) is 1.54. The van der Waals surface area contributed by atoms with Gasteiger partial charge in [0.15, 0.2) is 5.82 Å². The van der Waals surface area contributed by atoms with Gasteiger partial charge in [-0.25, -0.2) is 5.10 Å². The number of carbonyl (C=O) groups is 1. The Morgan fingerprint density at radius 3 is 3.00 bits per heavy atom. The van der Waals surface area contributed by atoms with Gasteiger partial charge in [0.05, 0.1) is 6.04 Å². The number of H-pyrrole nitrogens is 1. The summed E-state index contributed by atoms with van der Waals surface area (Å²) in [6.07, 6.45) is 1.85. The third-order valence-electron chi connectivity index (χ3n) is 2.31. The van der Waals surface area contributed by atoms with Crippen molar-refractivity contribution in [2.45, 2.75) is 18.9 Å². The zero-order valence-electron chi connectivity index (χ0n) is 8.12. The van der Waals surface area contributed by atoms with Gasteiger partial charge in [-0.1, -0.05) is 0 Å². The Kier molecular flexibility index (Phi) is 2.77. The Hall–Kier alpha value is -1.69. The molecule has 1 aliphatic heterocycles. The van der Waals surface area contributed by atoms with Crippen LogP contribution >= 0.6 is 0 Å². The van der Waals surface area contributed by atoms with Gasteiger partial charge in [-0.05, 0) is 25.5 Å². The number of rotatable bonds is 2. The maximum absolute atomic E-state index is 11.6. The van der Waals surface area contributed by atoms with E-state index in [0.717, 1.165) is 19.4 Å². The van der Waals surface area contributed by atoms with Crippen LogP contribution in [0.2, 0.25) is 0 Å². The molecule has 0 aromatic carbocycles. The van der Waals surface area contributed by atoms with Crippen LogP contribution in [0, 0.1) is 0 Å². The predicted molar refractivity (Wildman–Crippen MR) is 54.5 cm³/mol. The van der Waals surface area contributed by atoms with Crippen LogP contribution in [0.4, 0.5) is 5.82 Å². The Balaban J connectivity index is 1.99. The lowest BCUT2D eigenvalue weighted by atomic mass is 10.2. The SMILES string of the molecule is O=C(Nc1ccc(=O)[nH]n1)[C@@H]1CCCN1. The summed E-state index contributed by atoms with van der Waals surface area (Å²) in [5.41, 5.74) is -0.285. The molecule has 1 amide bonds. The third kappa shape index (κ3) is 2.41. The van der Waals surface area contributed by atoms with E-state index in [1.807, 2.05) is 0 Å². The molecule has 1 saturated heterocycles. The average Bonchev–Trinajstić information content (AvgIpc) is 2.74. The van der Waals surface area contributed by atoms with Gasteiger partial charge in [-0.3, -0.25) is 9.59 Å². The summed E-state index contributed by atoms with van der Waals surface area (Å²) in [5.74, 6) is 0.264. The number of nitrogens with zero attached hydrogens (tertiary/aromatic N) is 1. The van der Waals surface area contributed by atoms with Crippen molar-refractivity contribution in [2.24, 2.45) is 0 Å². The molecule has 0 radical (unpaired) electrons. The first-order valence-electron chi connectivity index (χ1n) is 4.86. The van der Waals surface area contributed by atoms with E-state index in [4.69, 9.17) is 0 Å². The van der Waals surface area contributed by atoms with E-state index in [0.29, 0.717) is 5.82 Å². The van der Waals surface area contributed by atoms with E-state index in [9.17, 15) is 9.59 Å². The predicted octanol–water partition coefficient (Wildman–Crippen LogP) is -0.540. The van der Waals surface area contributed by atoms with Crippen molar-refractivity contribution in [2.75, 3.05) is 11.9 Å². The quantitative estimate of drug-likeness (QED) is 0.609. The molecule has 0 saturated carbocycles. The number of nitrogens with one attached hydrogen (secondary N) is 3. The van der Waals surface area contributed by atoms with Crippen LogP contribution in [0.5, 0.6) is 0 Å². The van der Waals surface area contributed by atoms with Crippen molar-refractivity contribution in [1.82, 2.24) is 15.5 Å². The molecular weight excluding hydrogens is 196 g/mol. The monoisotopic (exact) mass is 208 g/mol. The van der Waals surface area contributed by atoms with E-state index >= 15 is 0 Å². The van der Waals surface area contributed by atoms with Crippen LogP contribution in [0.25, 0.3) is 0 Å². The van der Waals surface area contributed by atoms with Crippen LogP contribution in [0.15, 0.2) is 16.9 Å². The molecule has 1 aromatic heterocycles. The molecule has 1 aromatic rings. The number of carbonyl (C=O) groups excluding carboxylic acids is 1. The number of anilines is 1. The smallest absolute Gasteiger partial charge is 0.264 e. The molecule has 1 atom stereocenters. The van der Waals surface area contributed by atoms with Crippen LogP contribution in [0.3, 0.4) is 0 Å². The van der Waals surface area contributed by atoms with Gasteiger partial charge < -0.3 is 10.6 Å². The number of amides is 1. The molecule has 0 unspecified atom stereocenters. The molecule has 0 aliphatic carbocycles. The molecule has 1 aliphatic rings. The third-order valence-corrected chi connectivity index (χ3v) is 2.31. The molecule has 2 rings (SSSR count). The molecule has 2 heterocycles. The molecule has 0 bridgehead atoms. The first-order chi connectivity index (χ1) is 7.25. The standard InChI is InChI=1S/C9H12N4O2/c14-8-4-3-7(12-13-8)11-9(15)6-2-1-5-10-6/h3-4,6,10H,1-2,5H2,(H,13,14)(H,11,12,15)/t6-/m0/s1. The van der Waals surface area contributed by atoms with E-state index in [1.54, 1.807) is 0 Å². The number of aromatic amines is 1. The average molecular weight is 208 g/mol. The van der Waals surface area contributed by atoms with Crippen molar-refractivity contribution in [3.63, 3.8) is 0 Å². The van der Waals surface area contributed by atoms with Crippen molar-refractivity contribution >= 4 is 11.7 Å². The second-order valence-corrected chi connectivity index (χ2v) is 3.44. The minimum atomic E-state index is -0.285. The summed E-state index contributed by atoms with van der Waals surface area (Å²) in [6, 6.07) is 2.66. The van der Waals surface area contributed by atoms with Crippen molar-refractivity contribution < 1.29 is 4.79 Å². The molecule has 6 heteroatoms. The van der Waals surface area contributed by atoms with E-state index in [1.165, 1.54) is 12.1 Å². The van der Waals surface area contributed by atoms with Crippen LogP contribution in [0.1, 0.15) is 12.8 Å². The Labute approximate surface area is 86.1 Å². The highest BCUT2D eigenvalue weighted by atomic mass is 16.2. The highest BCUT2D eigenvalue weighted by Crippen LogP contribution is 2.07. The highest BCUT2D eigenvalue weighted by Gasteiger charge is 2.21. The van der Waals surface area contributed by atoms with Crippen molar-refractivity contribution in [1.29, 1.82) is 0 Å². The fraction of sp³-hybridized carbons (Fsp3) is 0.444. The molecule has 15 heavy (non-hydrogen) atoms. The Bertz CT molecular complexity index is 388. The summed E-state index contributed by atoms with van der Waals surface area (Å²) in [6.45, 7) is 0.872. The summed E-state index contributed by atoms with van der Waals surface area (Å²) in [5, 5.41) is 11.7. The lowest BCUT2D eigenvalue weighted by Gasteiger charge is -2.09. The first kappa shape index (κ1) is 9.85. The molecule has 80 valence electrons. The maximum atomic E-state index is 11.6. The molecule has 0 spiro atoms. The van der Waals surface area contributed by atoms with Gasteiger partial charge in [-0.15, -0.1) is 0 Å². The minimum absolute atomic E-state index is 0.105. The zero-order valence-corrected chi connectivity index (χ0v) is 8.12. The number of hydrogen-bond acceptors (Lipinski definition) is 4. The van der Waals surface area contributed by atoms with Gasteiger partial charge in [-0.2, -0.15) is 5.10 Å². The van der Waals surface area contributed by atoms with Gasteiger partial charge in [0.1, 0.15) is 0 Å². The van der Waals surface area contributed by atoms with E-state index < -0.39 is 0 Å². The molecule has 1 fully saturated rings. The maximum Gasteiger partial charge on any atom is 0.264 e.